The molecule has 0 aliphatic rings. The minimum Gasteiger partial charge on any atom is -0.493 e. The molecule has 168 valence electrons. The van der Waals surface area contributed by atoms with Crippen LogP contribution < -0.4 is 14.3 Å². The molecule has 0 unspecified atom stereocenters. The summed E-state index contributed by atoms with van der Waals surface area (Å²) >= 11 is 0. The summed E-state index contributed by atoms with van der Waals surface area (Å²) in [7, 11) is -3.61. The Labute approximate surface area is 180 Å². The topological polar surface area (TPSA) is 169 Å². The summed E-state index contributed by atoms with van der Waals surface area (Å²) in [6.45, 7) is 1.89. The minimum atomic E-state index is -4.82. The van der Waals surface area contributed by atoms with E-state index in [4.69, 9.17) is 13.3 Å². The molecule has 0 aliphatic carbocycles. The van der Waals surface area contributed by atoms with Gasteiger partial charge in [0.25, 0.3) is 11.4 Å². The number of nitrogens with zero attached hydrogens (tertiary/aromatic N) is 2. The average Bonchev–Trinajstić information content (AvgIpc) is 2.74. The molecular formula is C19H16N2O10S. The van der Waals surface area contributed by atoms with E-state index in [9.17, 15) is 33.4 Å². The molecule has 0 saturated carbocycles. The lowest BCUT2D eigenvalue weighted by Crippen LogP contribution is -2.13. The van der Waals surface area contributed by atoms with Crippen LogP contribution >= 0.6 is 0 Å². The Balaban J connectivity index is 2.12. The van der Waals surface area contributed by atoms with E-state index in [-0.39, 0.29) is 27.9 Å². The largest absolute Gasteiger partial charge is 0.493 e. The number of nitro benzene ring substituents is 2. The van der Waals surface area contributed by atoms with Gasteiger partial charge in [0, 0.05) is 17.7 Å². The molecule has 0 N–H and O–H groups in total. The van der Waals surface area contributed by atoms with Crippen LogP contribution in [0.25, 0.3) is 11.0 Å². The van der Waals surface area contributed by atoms with Crippen molar-refractivity contribution in [2.45, 2.75) is 24.7 Å². The second kappa shape index (κ2) is 8.63. The minimum absolute atomic E-state index is 0.0130. The first-order valence-electron chi connectivity index (χ1n) is 9.08. The van der Waals surface area contributed by atoms with Crippen molar-refractivity contribution in [1.82, 2.24) is 0 Å². The van der Waals surface area contributed by atoms with Gasteiger partial charge in [-0.1, -0.05) is 13.3 Å². The van der Waals surface area contributed by atoms with Crippen molar-refractivity contribution >= 4 is 32.5 Å². The maximum Gasteiger partial charge on any atom is 0.346 e. The summed E-state index contributed by atoms with van der Waals surface area (Å²) in [5.74, 6) is -0.523. The molecule has 32 heavy (non-hydrogen) atoms. The van der Waals surface area contributed by atoms with Crippen LogP contribution in [0.3, 0.4) is 0 Å². The smallest absolute Gasteiger partial charge is 0.346 e. The maximum absolute atomic E-state index is 12.8. The van der Waals surface area contributed by atoms with Crippen LogP contribution in [0.2, 0.25) is 0 Å². The fraction of sp³-hybridized carbons (Fsp3) is 0.211. The number of benzene rings is 2. The molecule has 0 radical (unpaired) electrons. The predicted molar refractivity (Wildman–Crippen MR) is 111 cm³/mol. The highest BCUT2D eigenvalue weighted by molar-refractivity contribution is 7.87. The van der Waals surface area contributed by atoms with Crippen LogP contribution in [-0.2, 0) is 16.5 Å². The van der Waals surface area contributed by atoms with Gasteiger partial charge < -0.3 is 13.3 Å². The van der Waals surface area contributed by atoms with Crippen LogP contribution in [0.1, 0.15) is 18.9 Å². The molecule has 0 amide bonds. The number of hydrogen-bond donors (Lipinski definition) is 0. The van der Waals surface area contributed by atoms with Crippen LogP contribution in [-0.4, -0.2) is 25.4 Å². The Morgan fingerprint density at radius 3 is 2.38 bits per heavy atom. The number of hydrogen-bond acceptors (Lipinski definition) is 10. The first-order valence-corrected chi connectivity index (χ1v) is 10.5. The molecule has 0 aliphatic heterocycles. The first kappa shape index (κ1) is 22.7. The Bertz CT molecular complexity index is 1400. The highest BCUT2D eigenvalue weighted by Gasteiger charge is 2.31. The number of ether oxygens (including phenoxy) is 1. The third kappa shape index (κ3) is 4.23. The fourth-order valence-corrected chi connectivity index (χ4v) is 4.06. The summed E-state index contributed by atoms with van der Waals surface area (Å²) in [5.41, 5.74) is -1.56. The van der Waals surface area contributed by atoms with E-state index >= 15 is 0 Å². The van der Waals surface area contributed by atoms with E-state index in [1.54, 1.807) is 0 Å². The molecule has 3 aromatic rings. The number of nitro groups is 2. The number of methoxy groups -OCH3 is 1. The molecule has 0 bridgehead atoms. The highest BCUT2D eigenvalue weighted by atomic mass is 32.2. The zero-order valence-electron chi connectivity index (χ0n) is 16.8. The molecule has 2 aromatic carbocycles. The van der Waals surface area contributed by atoms with Crippen molar-refractivity contribution in [2.75, 3.05) is 7.11 Å². The van der Waals surface area contributed by atoms with E-state index in [0.29, 0.717) is 30.5 Å². The van der Waals surface area contributed by atoms with Gasteiger partial charge in [-0.25, -0.2) is 0 Å². The van der Waals surface area contributed by atoms with Crippen molar-refractivity contribution < 1.29 is 31.6 Å². The van der Waals surface area contributed by atoms with Crippen molar-refractivity contribution in [3.05, 3.63) is 72.6 Å². The van der Waals surface area contributed by atoms with Gasteiger partial charge in [0.2, 0.25) is 0 Å². The number of fused-ring (bicyclic) bond motifs is 1. The monoisotopic (exact) mass is 464 g/mol. The van der Waals surface area contributed by atoms with Crippen molar-refractivity contribution in [2.24, 2.45) is 0 Å². The Hall–Kier alpha value is -4.00. The summed E-state index contributed by atoms with van der Waals surface area (Å²) in [6.07, 6.45) is 2.46. The number of rotatable bonds is 8. The number of non-ortho nitro benzene ring substituents is 1. The zero-order valence-corrected chi connectivity index (χ0v) is 17.6. The quantitative estimate of drug-likeness (QED) is 0.274. The summed E-state index contributed by atoms with van der Waals surface area (Å²) in [5, 5.41) is 22.3. The Kier molecular flexibility index (Phi) is 6.11. The number of aryl methyl sites for hydroxylation is 1. The van der Waals surface area contributed by atoms with E-state index in [1.807, 2.05) is 6.92 Å². The first-order chi connectivity index (χ1) is 15.1. The third-order valence-corrected chi connectivity index (χ3v) is 5.75. The lowest BCUT2D eigenvalue weighted by atomic mass is 10.1. The summed E-state index contributed by atoms with van der Waals surface area (Å²) in [6, 6.07) is 4.38. The van der Waals surface area contributed by atoms with E-state index < -0.39 is 36.2 Å². The van der Waals surface area contributed by atoms with Gasteiger partial charge in [-0.2, -0.15) is 8.42 Å². The fourth-order valence-electron chi connectivity index (χ4n) is 2.98. The third-order valence-electron chi connectivity index (χ3n) is 4.47. The molecule has 1 aromatic heterocycles. The SMILES string of the molecule is CCCc1coc2cc(OS(=O)(=O)c3ccc([N+](=O)[O-])cc3[N+](=O)[O-])c(OC)cc2c1=O. The van der Waals surface area contributed by atoms with Gasteiger partial charge in [0.05, 0.1) is 34.7 Å². The molecular weight excluding hydrogens is 448 g/mol. The molecule has 0 atom stereocenters. The Morgan fingerprint density at radius 1 is 1.06 bits per heavy atom. The average molecular weight is 464 g/mol. The normalized spacial score (nSPS) is 11.3. The van der Waals surface area contributed by atoms with E-state index in [0.717, 1.165) is 12.1 Å². The Morgan fingerprint density at radius 2 is 1.78 bits per heavy atom. The van der Waals surface area contributed by atoms with Crippen LogP contribution in [0.4, 0.5) is 11.4 Å². The molecule has 12 nitrogen and oxygen atoms in total. The molecule has 13 heteroatoms. The zero-order chi connectivity index (χ0) is 23.6. The van der Waals surface area contributed by atoms with Gasteiger partial charge in [-0.05, 0) is 18.6 Å². The van der Waals surface area contributed by atoms with Crippen molar-refractivity contribution in [3.8, 4) is 11.5 Å². The molecule has 0 saturated heterocycles. The predicted octanol–water partition coefficient (Wildman–Crippen LogP) is 3.34. The van der Waals surface area contributed by atoms with Crippen LogP contribution in [0.5, 0.6) is 11.5 Å². The summed E-state index contributed by atoms with van der Waals surface area (Å²) < 4.78 is 41.1. The van der Waals surface area contributed by atoms with E-state index in [2.05, 4.69) is 0 Å². The summed E-state index contributed by atoms with van der Waals surface area (Å²) in [4.78, 5) is 31.9. The van der Waals surface area contributed by atoms with Gasteiger partial charge in [-0.15, -0.1) is 0 Å². The second-order valence-corrected chi connectivity index (χ2v) is 8.06. The van der Waals surface area contributed by atoms with Gasteiger partial charge in [0.1, 0.15) is 5.58 Å². The second-order valence-electron chi connectivity index (χ2n) is 6.54. The van der Waals surface area contributed by atoms with E-state index in [1.165, 1.54) is 19.4 Å². The lowest BCUT2D eigenvalue weighted by molar-refractivity contribution is -0.396. The molecule has 1 heterocycles. The molecule has 0 fully saturated rings. The van der Waals surface area contributed by atoms with Crippen LogP contribution in [0.15, 0.2) is 50.7 Å². The van der Waals surface area contributed by atoms with Crippen molar-refractivity contribution in [1.29, 1.82) is 0 Å². The van der Waals surface area contributed by atoms with Gasteiger partial charge in [-0.3, -0.25) is 25.0 Å². The van der Waals surface area contributed by atoms with Gasteiger partial charge >= 0.3 is 10.1 Å². The molecule has 0 spiro atoms. The molecule has 3 rings (SSSR count). The van der Waals surface area contributed by atoms with Crippen molar-refractivity contribution in [3.63, 3.8) is 0 Å². The highest BCUT2D eigenvalue weighted by Crippen LogP contribution is 2.36. The van der Waals surface area contributed by atoms with Crippen LogP contribution in [0, 0.1) is 20.2 Å². The standard InChI is InChI=1S/C19H16N2O10S/c1-3-4-11-10-30-15-9-17(16(29-2)8-13(15)19(11)22)31-32(27,28)18-6-5-12(20(23)24)7-14(18)21(25)26/h5-10H,3-4H2,1-2H3. The van der Waals surface area contributed by atoms with Gasteiger partial charge in [0.15, 0.2) is 21.8 Å². The lowest BCUT2D eigenvalue weighted by Gasteiger charge is -2.12. The maximum atomic E-state index is 12.8.